The predicted octanol–water partition coefficient (Wildman–Crippen LogP) is 3.39. The van der Waals surface area contributed by atoms with E-state index in [4.69, 9.17) is 5.26 Å². The second-order valence-corrected chi connectivity index (χ2v) is 11.6. The Morgan fingerprint density at radius 2 is 1.97 bits per heavy atom. The molecule has 9 heteroatoms. The molecule has 0 spiro atoms. The number of carbonyl (C=O) groups is 1. The number of aryl methyl sites for hydroxylation is 1. The molecule has 0 N–H and O–H groups in total. The Bertz CT molecular complexity index is 1080. The molecule has 1 aromatic heterocycles. The molecule has 2 fully saturated rings. The van der Waals surface area contributed by atoms with Gasteiger partial charge in [-0.3, -0.25) is 4.79 Å². The van der Waals surface area contributed by atoms with Crippen molar-refractivity contribution >= 4 is 38.5 Å². The van der Waals surface area contributed by atoms with Gasteiger partial charge in [-0.2, -0.15) is 5.26 Å². The van der Waals surface area contributed by atoms with Crippen LogP contribution < -0.4 is 0 Å². The quantitative estimate of drug-likeness (QED) is 0.588. The molecule has 2 aromatic rings. The fourth-order valence-corrected chi connectivity index (χ4v) is 7.42. The van der Waals surface area contributed by atoms with Crippen LogP contribution in [0.2, 0.25) is 0 Å². The van der Waals surface area contributed by atoms with Crippen molar-refractivity contribution in [3.63, 3.8) is 0 Å². The van der Waals surface area contributed by atoms with Crippen molar-refractivity contribution in [2.45, 2.75) is 68.7 Å². The lowest BCUT2D eigenvalue weighted by Gasteiger charge is -2.38. The van der Waals surface area contributed by atoms with Gasteiger partial charge in [0.1, 0.15) is 0 Å². The molecular weight excluding hydrogens is 432 g/mol. The zero-order valence-corrected chi connectivity index (χ0v) is 19.2. The highest BCUT2D eigenvalue weighted by Crippen LogP contribution is 2.30. The van der Waals surface area contributed by atoms with Crippen molar-refractivity contribution in [1.29, 1.82) is 5.26 Å². The largest absolute Gasteiger partial charge is 0.335 e. The molecule has 2 aliphatic rings. The molecule has 2 heterocycles. The van der Waals surface area contributed by atoms with Crippen LogP contribution in [0.1, 0.15) is 44.9 Å². The van der Waals surface area contributed by atoms with Gasteiger partial charge in [0.25, 0.3) is 0 Å². The number of benzene rings is 1. The lowest BCUT2D eigenvalue weighted by Crippen LogP contribution is -2.49. The molecule has 0 bridgehead atoms. The van der Waals surface area contributed by atoms with Gasteiger partial charge >= 0.3 is 0 Å². The molecule has 1 amide bonds. The van der Waals surface area contributed by atoms with Gasteiger partial charge in [-0.15, -0.1) is 0 Å². The van der Waals surface area contributed by atoms with E-state index in [1.165, 1.54) is 18.2 Å². The van der Waals surface area contributed by atoms with E-state index in [9.17, 15) is 13.2 Å². The van der Waals surface area contributed by atoms with Gasteiger partial charge in [-0.25, -0.2) is 13.4 Å². The molecule has 4 rings (SSSR count). The minimum absolute atomic E-state index is 0.00195. The molecule has 1 atom stereocenters. The molecule has 0 radical (unpaired) electrons. The second kappa shape index (κ2) is 9.61. The van der Waals surface area contributed by atoms with E-state index >= 15 is 0 Å². The SMILES string of the molecule is N#CCCn1c(SCC(=O)N(C2CCCCC2)[C@@H]2CCS(=O)(=O)C2)nc2ccccc21. The van der Waals surface area contributed by atoms with Crippen LogP contribution in [0.15, 0.2) is 29.4 Å². The average molecular weight is 461 g/mol. The number of rotatable bonds is 7. The van der Waals surface area contributed by atoms with Gasteiger partial charge in [-0.05, 0) is 31.4 Å². The summed E-state index contributed by atoms with van der Waals surface area (Å²) in [5.41, 5.74) is 1.81. The Morgan fingerprint density at radius 1 is 1.19 bits per heavy atom. The Kier molecular flexibility index (Phi) is 6.87. The van der Waals surface area contributed by atoms with Crippen LogP contribution in [0.5, 0.6) is 0 Å². The van der Waals surface area contributed by atoms with E-state index in [0.29, 0.717) is 19.4 Å². The van der Waals surface area contributed by atoms with Crippen molar-refractivity contribution < 1.29 is 13.2 Å². The third kappa shape index (κ3) is 5.07. The van der Waals surface area contributed by atoms with E-state index in [1.807, 2.05) is 33.7 Å². The van der Waals surface area contributed by atoms with Crippen molar-refractivity contribution in [3.05, 3.63) is 24.3 Å². The summed E-state index contributed by atoms with van der Waals surface area (Å²) < 4.78 is 26.2. The zero-order chi connectivity index (χ0) is 21.8. The molecular formula is C22H28N4O3S2. The molecule has 1 saturated heterocycles. The van der Waals surface area contributed by atoms with E-state index in [2.05, 4.69) is 11.1 Å². The number of imidazole rings is 1. The van der Waals surface area contributed by atoms with Gasteiger partial charge in [0, 0.05) is 18.6 Å². The van der Waals surface area contributed by atoms with Crippen molar-refractivity contribution in [2.75, 3.05) is 17.3 Å². The first-order valence-electron chi connectivity index (χ1n) is 10.9. The van der Waals surface area contributed by atoms with Crippen LogP contribution in [-0.2, 0) is 21.2 Å². The Labute approximate surface area is 187 Å². The second-order valence-electron chi connectivity index (χ2n) is 8.38. The molecule has 31 heavy (non-hydrogen) atoms. The third-order valence-electron chi connectivity index (χ3n) is 6.25. The summed E-state index contributed by atoms with van der Waals surface area (Å²) >= 11 is 1.38. The summed E-state index contributed by atoms with van der Waals surface area (Å²) in [4.78, 5) is 20.0. The standard InChI is InChI=1S/C22H28N4O3S2/c23-12-6-13-25-20-10-5-4-9-19(20)24-22(25)30-15-21(27)26(17-7-2-1-3-8-17)18-11-14-31(28,29)16-18/h4-5,9-10,17-18H,1-3,6-8,11,13-16H2/t18-/m1/s1. The Morgan fingerprint density at radius 3 is 2.68 bits per heavy atom. The maximum absolute atomic E-state index is 13.4. The molecule has 1 aromatic carbocycles. The number of hydrogen-bond acceptors (Lipinski definition) is 6. The van der Waals surface area contributed by atoms with Crippen LogP contribution in [0, 0.1) is 11.3 Å². The van der Waals surface area contributed by atoms with Gasteiger partial charge in [-0.1, -0.05) is 43.2 Å². The molecule has 1 aliphatic carbocycles. The van der Waals surface area contributed by atoms with Gasteiger partial charge in [0.15, 0.2) is 15.0 Å². The maximum Gasteiger partial charge on any atom is 0.233 e. The van der Waals surface area contributed by atoms with E-state index < -0.39 is 9.84 Å². The summed E-state index contributed by atoms with van der Waals surface area (Å²) in [6, 6.07) is 9.88. The van der Waals surface area contributed by atoms with Crippen molar-refractivity contribution in [2.24, 2.45) is 0 Å². The number of fused-ring (bicyclic) bond motifs is 1. The lowest BCUT2D eigenvalue weighted by atomic mass is 9.93. The number of thioether (sulfide) groups is 1. The van der Waals surface area contributed by atoms with E-state index in [-0.39, 0.29) is 35.2 Å². The minimum Gasteiger partial charge on any atom is -0.335 e. The summed E-state index contributed by atoms with van der Waals surface area (Å²) in [7, 11) is -3.06. The van der Waals surface area contributed by atoms with Crippen LogP contribution in [0.25, 0.3) is 11.0 Å². The third-order valence-corrected chi connectivity index (χ3v) is 8.96. The van der Waals surface area contributed by atoms with Gasteiger partial charge in [0.2, 0.25) is 5.91 Å². The number of carbonyl (C=O) groups excluding carboxylic acids is 1. The average Bonchev–Trinajstić information content (AvgIpc) is 3.31. The molecule has 7 nitrogen and oxygen atoms in total. The number of amides is 1. The van der Waals surface area contributed by atoms with Gasteiger partial charge < -0.3 is 9.47 Å². The van der Waals surface area contributed by atoms with Crippen LogP contribution in [0.4, 0.5) is 0 Å². The number of para-hydroxylation sites is 2. The summed E-state index contributed by atoms with van der Waals surface area (Å²) in [5, 5.41) is 9.76. The normalized spacial score (nSPS) is 21.2. The highest BCUT2D eigenvalue weighted by Gasteiger charge is 2.38. The Hall–Kier alpha value is -2.05. The summed E-state index contributed by atoms with van der Waals surface area (Å²) in [6.45, 7) is 0.529. The highest BCUT2D eigenvalue weighted by atomic mass is 32.2. The van der Waals surface area contributed by atoms with Crippen molar-refractivity contribution in [3.8, 4) is 6.07 Å². The summed E-state index contributed by atoms with van der Waals surface area (Å²) in [5.74, 6) is 0.479. The lowest BCUT2D eigenvalue weighted by molar-refractivity contribution is -0.133. The van der Waals surface area contributed by atoms with Crippen LogP contribution in [-0.4, -0.2) is 58.1 Å². The zero-order valence-electron chi connectivity index (χ0n) is 17.6. The first-order valence-corrected chi connectivity index (χ1v) is 13.8. The van der Waals surface area contributed by atoms with E-state index in [1.54, 1.807) is 0 Å². The topological polar surface area (TPSA) is 96.1 Å². The van der Waals surface area contributed by atoms with E-state index in [0.717, 1.165) is 41.9 Å². The first kappa shape index (κ1) is 22.2. The van der Waals surface area contributed by atoms with Gasteiger partial charge in [0.05, 0.1) is 40.8 Å². The smallest absolute Gasteiger partial charge is 0.233 e. The van der Waals surface area contributed by atoms with Crippen molar-refractivity contribution in [1.82, 2.24) is 14.5 Å². The van der Waals surface area contributed by atoms with Crippen LogP contribution >= 0.6 is 11.8 Å². The molecule has 0 unspecified atom stereocenters. The van der Waals surface area contributed by atoms with Crippen LogP contribution in [0.3, 0.4) is 0 Å². The fraction of sp³-hybridized carbons (Fsp3) is 0.591. The highest BCUT2D eigenvalue weighted by molar-refractivity contribution is 7.99. The number of aromatic nitrogens is 2. The first-order chi connectivity index (χ1) is 15.0. The maximum atomic E-state index is 13.4. The minimum atomic E-state index is -3.06. The monoisotopic (exact) mass is 460 g/mol. The summed E-state index contributed by atoms with van der Waals surface area (Å²) in [6.07, 6.45) is 6.17. The molecule has 1 saturated carbocycles. The fourth-order valence-electron chi connectivity index (χ4n) is 4.80. The molecule has 166 valence electrons. The number of hydrogen-bond donors (Lipinski definition) is 0. The predicted molar refractivity (Wildman–Crippen MR) is 121 cm³/mol. The number of nitriles is 1. The number of nitrogens with zero attached hydrogens (tertiary/aromatic N) is 4. The number of sulfone groups is 1. The molecule has 1 aliphatic heterocycles. The Balaban J connectivity index is 1.53.